The van der Waals surface area contributed by atoms with Crippen LogP contribution < -0.4 is 4.46 Å². The minimum absolute atomic E-state index is 0.0726. The predicted octanol–water partition coefficient (Wildman–Crippen LogP) is 1.79. The molecule has 0 aromatic heterocycles. The van der Waals surface area contributed by atoms with Crippen molar-refractivity contribution in [2.24, 2.45) is 0 Å². The van der Waals surface area contributed by atoms with E-state index >= 15 is 0 Å². The first-order valence-electron chi connectivity index (χ1n) is 5.65. The summed E-state index contributed by atoms with van der Waals surface area (Å²) in [4.78, 5) is 11.1. The van der Waals surface area contributed by atoms with Gasteiger partial charge in [0.25, 0.3) is 0 Å². The molecular weight excluding hydrogens is 305 g/mol. The molecule has 94 valence electrons. The Morgan fingerprint density at radius 1 is 1.16 bits per heavy atom. The van der Waals surface area contributed by atoms with Gasteiger partial charge in [0.05, 0.1) is 0 Å². The van der Waals surface area contributed by atoms with Crippen LogP contribution in [0.5, 0.6) is 0 Å². The van der Waals surface area contributed by atoms with E-state index in [2.05, 4.69) is 6.07 Å². The van der Waals surface area contributed by atoms with Gasteiger partial charge in [0.1, 0.15) is 0 Å². The van der Waals surface area contributed by atoms with Crippen molar-refractivity contribution in [2.45, 2.75) is 5.32 Å². The van der Waals surface area contributed by atoms with Crippen LogP contribution in [0.25, 0.3) is 0 Å². The van der Waals surface area contributed by atoms with E-state index in [1.54, 1.807) is 24.3 Å². The summed E-state index contributed by atoms with van der Waals surface area (Å²) in [5.74, 6) is -0.877. The zero-order valence-corrected chi connectivity index (χ0v) is 11.7. The fraction of sp³-hybridized carbons (Fsp3) is 0.0667. The summed E-state index contributed by atoms with van der Waals surface area (Å²) in [6, 6.07) is 16.6. The summed E-state index contributed by atoms with van der Waals surface area (Å²) in [5.41, 5.74) is 2.15. The van der Waals surface area contributed by atoms with Gasteiger partial charge in [-0.25, -0.2) is 0 Å². The number of carbonyl (C=O) groups is 1. The van der Waals surface area contributed by atoms with Crippen LogP contribution in [0.4, 0.5) is 0 Å². The molecule has 2 aromatic rings. The minimum atomic E-state index is -0.877. The van der Waals surface area contributed by atoms with Crippen molar-refractivity contribution >= 4 is 25.4 Å². The molecule has 0 fully saturated rings. The van der Waals surface area contributed by atoms with Crippen molar-refractivity contribution < 1.29 is 9.90 Å². The number of nitriles is 1. The second kappa shape index (κ2) is 6.19. The third-order valence-electron chi connectivity index (χ3n) is 2.59. The molecule has 0 atom stereocenters. The maximum absolute atomic E-state index is 11.1. The number of nitrogens with zero attached hydrogens (tertiary/aromatic N) is 1. The number of hydrogen-bond donors (Lipinski definition) is 1. The SMILES string of the molecule is N#Cc1ccc(C[Se]c2ccccc2C(=O)O)cc1. The summed E-state index contributed by atoms with van der Waals surface area (Å²) in [7, 11) is 0. The summed E-state index contributed by atoms with van der Waals surface area (Å²) in [5, 5.41) is 18.7. The molecule has 0 aliphatic rings. The molecule has 1 N–H and O–H groups in total. The molecule has 2 rings (SSSR count). The molecule has 0 bridgehead atoms. The molecule has 2 aromatic carbocycles. The van der Waals surface area contributed by atoms with Crippen LogP contribution in [-0.4, -0.2) is 26.0 Å². The number of aromatic carboxylic acids is 1. The normalized spacial score (nSPS) is 9.84. The molecule has 0 radical (unpaired) electrons. The molecule has 0 saturated carbocycles. The Bertz CT molecular complexity index is 629. The molecule has 19 heavy (non-hydrogen) atoms. The number of carboxylic acid groups (broad SMARTS) is 1. The number of rotatable bonds is 4. The molecule has 0 heterocycles. The Morgan fingerprint density at radius 2 is 1.84 bits per heavy atom. The van der Waals surface area contributed by atoms with Gasteiger partial charge in [-0.2, -0.15) is 0 Å². The number of carboxylic acids is 1. The molecule has 0 saturated heterocycles. The number of hydrogen-bond acceptors (Lipinski definition) is 2. The van der Waals surface area contributed by atoms with E-state index in [4.69, 9.17) is 10.4 Å². The predicted molar refractivity (Wildman–Crippen MR) is 73.7 cm³/mol. The number of benzene rings is 2. The van der Waals surface area contributed by atoms with Gasteiger partial charge >= 0.3 is 117 Å². The van der Waals surface area contributed by atoms with E-state index in [9.17, 15) is 4.79 Å². The standard InChI is InChI=1S/C15H11NO2Se/c16-9-11-5-7-12(8-6-11)10-19-14-4-2-1-3-13(14)15(17)18/h1-8H,10H2,(H,17,18). The van der Waals surface area contributed by atoms with E-state index in [1.165, 1.54) is 0 Å². The summed E-state index contributed by atoms with van der Waals surface area (Å²) in [6.07, 6.45) is 0. The average molecular weight is 316 g/mol. The van der Waals surface area contributed by atoms with Crippen molar-refractivity contribution in [2.75, 3.05) is 0 Å². The Hall–Kier alpha value is -2.08. The third kappa shape index (κ3) is 3.45. The van der Waals surface area contributed by atoms with Crippen LogP contribution in [0, 0.1) is 11.3 Å². The topological polar surface area (TPSA) is 61.1 Å². The monoisotopic (exact) mass is 317 g/mol. The van der Waals surface area contributed by atoms with Crippen LogP contribution >= 0.6 is 0 Å². The van der Waals surface area contributed by atoms with E-state index in [0.29, 0.717) is 11.1 Å². The average Bonchev–Trinajstić information content (AvgIpc) is 2.46. The second-order valence-electron chi connectivity index (χ2n) is 3.90. The van der Waals surface area contributed by atoms with Gasteiger partial charge in [-0.15, -0.1) is 0 Å². The third-order valence-corrected chi connectivity index (χ3v) is 5.00. The molecule has 0 unspecified atom stereocenters. The van der Waals surface area contributed by atoms with Crippen LogP contribution in [0.2, 0.25) is 0 Å². The van der Waals surface area contributed by atoms with Crippen molar-refractivity contribution in [3.05, 3.63) is 65.2 Å². The first-order valence-corrected chi connectivity index (χ1v) is 7.71. The summed E-state index contributed by atoms with van der Waals surface area (Å²) < 4.78 is 0.895. The second-order valence-corrected chi connectivity index (χ2v) is 6.03. The van der Waals surface area contributed by atoms with Crippen LogP contribution in [0.15, 0.2) is 48.5 Å². The van der Waals surface area contributed by atoms with Gasteiger partial charge < -0.3 is 0 Å². The van der Waals surface area contributed by atoms with Gasteiger partial charge in [0, 0.05) is 0 Å². The first kappa shape index (κ1) is 13.4. The molecule has 4 heteroatoms. The van der Waals surface area contributed by atoms with E-state index in [-0.39, 0.29) is 15.0 Å². The van der Waals surface area contributed by atoms with Crippen LogP contribution in [0.1, 0.15) is 21.5 Å². The fourth-order valence-electron chi connectivity index (χ4n) is 1.61. The van der Waals surface area contributed by atoms with E-state index in [0.717, 1.165) is 15.3 Å². The Balaban J connectivity index is 2.10. The zero-order chi connectivity index (χ0) is 13.7. The molecule has 0 aliphatic heterocycles. The van der Waals surface area contributed by atoms with Gasteiger partial charge in [0.15, 0.2) is 0 Å². The molecule has 3 nitrogen and oxygen atoms in total. The summed E-state index contributed by atoms with van der Waals surface area (Å²) in [6.45, 7) is 0. The van der Waals surface area contributed by atoms with Crippen molar-refractivity contribution in [1.29, 1.82) is 5.26 Å². The zero-order valence-electron chi connectivity index (χ0n) is 10.0. The van der Waals surface area contributed by atoms with E-state index < -0.39 is 5.97 Å². The molecule has 0 spiro atoms. The maximum atomic E-state index is 11.1. The quantitative estimate of drug-likeness (QED) is 0.875. The first-order chi connectivity index (χ1) is 9.20. The van der Waals surface area contributed by atoms with Crippen molar-refractivity contribution in [3.8, 4) is 6.07 Å². The Morgan fingerprint density at radius 3 is 2.47 bits per heavy atom. The molecule has 0 amide bonds. The Labute approximate surface area is 117 Å². The van der Waals surface area contributed by atoms with Gasteiger partial charge in [-0.1, -0.05) is 0 Å². The van der Waals surface area contributed by atoms with Crippen molar-refractivity contribution in [3.63, 3.8) is 0 Å². The van der Waals surface area contributed by atoms with E-state index in [1.807, 2.05) is 24.3 Å². The van der Waals surface area contributed by atoms with Gasteiger partial charge in [0.2, 0.25) is 0 Å². The molecular formula is C15H11NO2Se. The fourth-order valence-corrected chi connectivity index (χ4v) is 3.70. The molecule has 0 aliphatic carbocycles. The summed E-state index contributed by atoms with van der Waals surface area (Å²) >= 11 is 0.0726. The Kier molecular flexibility index (Phi) is 4.35. The van der Waals surface area contributed by atoms with Gasteiger partial charge in [-0.3, -0.25) is 0 Å². The van der Waals surface area contributed by atoms with Crippen LogP contribution in [0.3, 0.4) is 0 Å². The van der Waals surface area contributed by atoms with Crippen LogP contribution in [-0.2, 0) is 5.32 Å². The van der Waals surface area contributed by atoms with Gasteiger partial charge in [-0.05, 0) is 0 Å². The van der Waals surface area contributed by atoms with Crippen molar-refractivity contribution in [1.82, 2.24) is 0 Å².